The fraction of sp³-hybridized carbons (Fsp3) is 0.353. The lowest BCUT2D eigenvalue weighted by Crippen LogP contribution is -2.50. The first-order valence-corrected chi connectivity index (χ1v) is 7.94. The third-order valence-corrected chi connectivity index (χ3v) is 4.32. The summed E-state index contributed by atoms with van der Waals surface area (Å²) < 4.78 is 0. The van der Waals surface area contributed by atoms with Crippen LogP contribution in [0.3, 0.4) is 0 Å². The average Bonchev–Trinajstić information content (AvgIpc) is 2.56. The first kappa shape index (κ1) is 16.0. The minimum atomic E-state index is -0.518. The summed E-state index contributed by atoms with van der Waals surface area (Å²) in [5.74, 6) is 0.595. The zero-order valence-electron chi connectivity index (χ0n) is 13.5. The van der Waals surface area contributed by atoms with Gasteiger partial charge in [0.25, 0.3) is 5.56 Å². The molecule has 2 N–H and O–H groups in total. The van der Waals surface area contributed by atoms with Gasteiger partial charge < -0.3 is 9.80 Å². The summed E-state index contributed by atoms with van der Waals surface area (Å²) in [4.78, 5) is 43.7. The molecule has 2 heterocycles. The Hall–Kier alpha value is -2.83. The van der Waals surface area contributed by atoms with Crippen LogP contribution in [0.1, 0.15) is 11.1 Å². The van der Waals surface area contributed by atoms with E-state index < -0.39 is 11.2 Å². The van der Waals surface area contributed by atoms with E-state index in [1.807, 2.05) is 41.0 Å². The molecule has 7 nitrogen and oxygen atoms in total. The van der Waals surface area contributed by atoms with Gasteiger partial charge >= 0.3 is 5.69 Å². The molecule has 1 aromatic heterocycles. The van der Waals surface area contributed by atoms with Crippen molar-refractivity contribution in [2.24, 2.45) is 0 Å². The number of nitrogens with one attached hydrogen (secondary N) is 2. The van der Waals surface area contributed by atoms with E-state index >= 15 is 0 Å². The van der Waals surface area contributed by atoms with Crippen molar-refractivity contribution >= 4 is 11.7 Å². The Bertz CT molecular complexity index is 819. The summed E-state index contributed by atoms with van der Waals surface area (Å²) in [6, 6.07) is 9.25. The summed E-state index contributed by atoms with van der Waals surface area (Å²) in [6.45, 7) is 4.31. The highest BCUT2D eigenvalue weighted by Crippen LogP contribution is 2.13. The highest BCUT2D eigenvalue weighted by Gasteiger charge is 2.22. The molecule has 0 bridgehead atoms. The number of nitrogens with zero attached hydrogens (tertiary/aromatic N) is 2. The van der Waals surface area contributed by atoms with Crippen molar-refractivity contribution in [3.63, 3.8) is 0 Å². The van der Waals surface area contributed by atoms with Gasteiger partial charge in [-0.25, -0.2) is 4.79 Å². The van der Waals surface area contributed by atoms with E-state index in [9.17, 15) is 14.4 Å². The Morgan fingerprint density at radius 1 is 1.08 bits per heavy atom. The second kappa shape index (κ2) is 6.74. The molecular formula is C17H20N4O3. The number of hydrogen-bond acceptors (Lipinski definition) is 4. The molecule has 1 saturated heterocycles. The standard InChI is InChI=1S/C17H20N4O3/c1-12-4-2-3-5-13(12)10-16(23)21-8-6-20(7-9-21)14-11-15(22)19-17(24)18-14/h2-5,11H,6-10H2,1H3,(H2,18,19,22,24). The van der Waals surface area contributed by atoms with Gasteiger partial charge in [0.1, 0.15) is 5.82 Å². The second-order valence-electron chi connectivity index (χ2n) is 5.94. The predicted molar refractivity (Wildman–Crippen MR) is 91.4 cm³/mol. The third kappa shape index (κ3) is 3.56. The molecule has 0 spiro atoms. The quantitative estimate of drug-likeness (QED) is 0.846. The van der Waals surface area contributed by atoms with E-state index in [0.717, 1.165) is 11.1 Å². The Kier molecular flexibility index (Phi) is 4.50. The van der Waals surface area contributed by atoms with Crippen LogP contribution in [0.15, 0.2) is 39.9 Å². The SMILES string of the molecule is Cc1ccccc1CC(=O)N1CCN(c2cc(=O)[nH]c(=O)[nH]2)CC1. The maximum Gasteiger partial charge on any atom is 0.327 e. The fourth-order valence-corrected chi connectivity index (χ4v) is 2.91. The minimum Gasteiger partial charge on any atom is -0.354 e. The Morgan fingerprint density at radius 2 is 1.79 bits per heavy atom. The molecule has 0 atom stereocenters. The van der Waals surface area contributed by atoms with Crippen molar-refractivity contribution < 1.29 is 4.79 Å². The Labute approximate surface area is 138 Å². The molecule has 24 heavy (non-hydrogen) atoms. The number of carbonyl (C=O) groups is 1. The molecular weight excluding hydrogens is 308 g/mol. The van der Waals surface area contributed by atoms with Crippen LogP contribution in [-0.2, 0) is 11.2 Å². The molecule has 1 aromatic carbocycles. The average molecular weight is 328 g/mol. The molecule has 0 saturated carbocycles. The Morgan fingerprint density at radius 3 is 2.46 bits per heavy atom. The van der Waals surface area contributed by atoms with Crippen LogP contribution in [0, 0.1) is 6.92 Å². The molecule has 0 aliphatic carbocycles. The van der Waals surface area contributed by atoms with E-state index in [0.29, 0.717) is 38.4 Å². The second-order valence-corrected chi connectivity index (χ2v) is 5.94. The molecule has 3 rings (SSSR count). The zero-order valence-corrected chi connectivity index (χ0v) is 13.5. The summed E-state index contributed by atoms with van der Waals surface area (Å²) in [5, 5.41) is 0. The monoisotopic (exact) mass is 328 g/mol. The molecule has 1 fully saturated rings. The number of amides is 1. The van der Waals surface area contributed by atoms with Gasteiger partial charge in [0.05, 0.1) is 6.42 Å². The summed E-state index contributed by atoms with van der Waals surface area (Å²) in [5.41, 5.74) is 1.22. The number of aromatic nitrogens is 2. The zero-order chi connectivity index (χ0) is 17.1. The summed E-state index contributed by atoms with van der Waals surface area (Å²) in [6.07, 6.45) is 0.397. The van der Waals surface area contributed by atoms with Crippen LogP contribution in [0.4, 0.5) is 5.82 Å². The number of aromatic amines is 2. The number of rotatable bonds is 3. The van der Waals surface area contributed by atoms with Crippen LogP contribution in [0.25, 0.3) is 0 Å². The fourth-order valence-electron chi connectivity index (χ4n) is 2.91. The summed E-state index contributed by atoms with van der Waals surface area (Å²) >= 11 is 0. The van der Waals surface area contributed by atoms with Crippen LogP contribution < -0.4 is 16.1 Å². The number of hydrogen-bond donors (Lipinski definition) is 2. The lowest BCUT2D eigenvalue weighted by atomic mass is 10.1. The lowest BCUT2D eigenvalue weighted by molar-refractivity contribution is -0.130. The first-order valence-electron chi connectivity index (χ1n) is 7.94. The highest BCUT2D eigenvalue weighted by molar-refractivity contribution is 5.79. The predicted octanol–water partition coefficient (Wildman–Crippen LogP) is 0.263. The van der Waals surface area contributed by atoms with E-state index in [1.54, 1.807) is 0 Å². The van der Waals surface area contributed by atoms with Gasteiger partial charge in [-0.15, -0.1) is 0 Å². The number of piperazine rings is 1. The van der Waals surface area contributed by atoms with E-state index in [1.165, 1.54) is 6.07 Å². The van der Waals surface area contributed by atoms with Crippen molar-refractivity contribution in [2.75, 3.05) is 31.1 Å². The smallest absolute Gasteiger partial charge is 0.327 e. The minimum absolute atomic E-state index is 0.100. The van der Waals surface area contributed by atoms with Gasteiger partial charge in [-0.1, -0.05) is 24.3 Å². The molecule has 7 heteroatoms. The number of H-pyrrole nitrogens is 2. The number of anilines is 1. The van der Waals surface area contributed by atoms with Crippen LogP contribution in [-0.4, -0.2) is 47.0 Å². The van der Waals surface area contributed by atoms with E-state index in [-0.39, 0.29) is 5.91 Å². The van der Waals surface area contributed by atoms with Crippen molar-refractivity contribution in [3.8, 4) is 0 Å². The van der Waals surface area contributed by atoms with Crippen molar-refractivity contribution in [3.05, 3.63) is 62.3 Å². The van der Waals surface area contributed by atoms with Gasteiger partial charge in [0.2, 0.25) is 5.91 Å². The van der Waals surface area contributed by atoms with Crippen molar-refractivity contribution in [2.45, 2.75) is 13.3 Å². The van der Waals surface area contributed by atoms with Gasteiger partial charge in [-0.2, -0.15) is 0 Å². The molecule has 1 amide bonds. The molecule has 0 unspecified atom stereocenters. The topological polar surface area (TPSA) is 89.3 Å². The van der Waals surface area contributed by atoms with Crippen LogP contribution in [0.2, 0.25) is 0 Å². The maximum atomic E-state index is 12.5. The van der Waals surface area contributed by atoms with Crippen LogP contribution in [0.5, 0.6) is 0 Å². The number of benzene rings is 1. The number of carbonyl (C=O) groups excluding carboxylic acids is 1. The normalized spacial score (nSPS) is 14.7. The molecule has 1 aliphatic heterocycles. The van der Waals surface area contributed by atoms with Crippen LogP contribution >= 0.6 is 0 Å². The van der Waals surface area contributed by atoms with Gasteiger partial charge in [0.15, 0.2) is 0 Å². The van der Waals surface area contributed by atoms with Crippen molar-refractivity contribution in [1.29, 1.82) is 0 Å². The molecule has 0 radical (unpaired) electrons. The first-order chi connectivity index (χ1) is 11.5. The maximum absolute atomic E-state index is 12.5. The molecule has 126 valence electrons. The lowest BCUT2D eigenvalue weighted by Gasteiger charge is -2.35. The van der Waals surface area contributed by atoms with Gasteiger partial charge in [-0.3, -0.25) is 19.6 Å². The van der Waals surface area contributed by atoms with E-state index in [2.05, 4.69) is 9.97 Å². The number of aryl methyl sites for hydroxylation is 1. The summed E-state index contributed by atoms with van der Waals surface area (Å²) in [7, 11) is 0. The van der Waals surface area contributed by atoms with E-state index in [4.69, 9.17) is 0 Å². The third-order valence-electron chi connectivity index (χ3n) is 4.32. The highest BCUT2D eigenvalue weighted by atomic mass is 16.2. The Balaban J connectivity index is 1.62. The van der Waals surface area contributed by atoms with Gasteiger partial charge in [0, 0.05) is 32.2 Å². The molecule has 2 aromatic rings. The van der Waals surface area contributed by atoms with Gasteiger partial charge in [-0.05, 0) is 18.1 Å². The molecule has 1 aliphatic rings. The largest absolute Gasteiger partial charge is 0.354 e. The van der Waals surface area contributed by atoms with Crippen molar-refractivity contribution in [1.82, 2.24) is 14.9 Å².